The maximum absolute atomic E-state index is 11.0. The summed E-state index contributed by atoms with van der Waals surface area (Å²) in [4.78, 5) is 3.64. The molecule has 1 aromatic heterocycles. The van der Waals surface area contributed by atoms with Crippen LogP contribution >= 0.6 is 16.1 Å². The molecule has 0 aliphatic rings. The van der Waals surface area contributed by atoms with Crippen molar-refractivity contribution in [1.82, 2.24) is 8.73 Å². The fraction of sp³-hybridized carbons (Fsp3) is 0. The topological polar surface area (TPSA) is 59.1 Å². The van der Waals surface area contributed by atoms with E-state index in [1.54, 1.807) is 12.1 Å². The average molecular weight is 237 g/mol. The van der Waals surface area contributed by atoms with Crippen molar-refractivity contribution in [2.75, 3.05) is 0 Å². The third kappa shape index (κ3) is 1.98. The van der Waals surface area contributed by atoms with Crippen LogP contribution in [-0.2, 0) is 10.0 Å². The number of nitrogens with one attached hydrogen (secondary N) is 1. The lowest BCUT2D eigenvalue weighted by molar-refractivity contribution is 0.591. The third-order valence-electron chi connectivity index (χ3n) is 1.01. The Morgan fingerprint density at radius 2 is 2.18 bits per heavy atom. The SMILES string of the molecule is O=S(=O)(NBr)c1ccccn1. The van der Waals surface area contributed by atoms with Gasteiger partial charge in [-0.2, -0.15) is 0 Å². The second kappa shape index (κ2) is 3.29. The van der Waals surface area contributed by atoms with Gasteiger partial charge in [-0.1, -0.05) is 6.07 Å². The predicted octanol–water partition coefficient (Wildman–Crippen LogP) is 0.670. The predicted molar refractivity (Wildman–Crippen MR) is 43.5 cm³/mol. The monoisotopic (exact) mass is 236 g/mol. The Labute approximate surface area is 73.0 Å². The molecule has 11 heavy (non-hydrogen) atoms. The molecule has 0 radical (unpaired) electrons. The number of aromatic nitrogens is 1. The maximum Gasteiger partial charge on any atom is 0.267 e. The molecular weight excluding hydrogens is 232 g/mol. The molecule has 1 rings (SSSR count). The fourth-order valence-electron chi connectivity index (χ4n) is 0.546. The van der Waals surface area contributed by atoms with E-state index in [0.717, 1.165) is 0 Å². The summed E-state index contributed by atoms with van der Waals surface area (Å²) in [6.45, 7) is 0. The van der Waals surface area contributed by atoms with Crippen molar-refractivity contribution in [2.45, 2.75) is 5.03 Å². The van der Waals surface area contributed by atoms with Gasteiger partial charge < -0.3 is 0 Å². The van der Waals surface area contributed by atoms with Gasteiger partial charge in [0.05, 0.1) is 0 Å². The number of halogens is 1. The van der Waals surface area contributed by atoms with Gasteiger partial charge in [-0.3, -0.25) is 0 Å². The molecule has 0 saturated carbocycles. The fourth-order valence-corrected chi connectivity index (χ4v) is 1.58. The highest BCUT2D eigenvalue weighted by atomic mass is 79.9. The molecule has 0 aromatic carbocycles. The van der Waals surface area contributed by atoms with Crippen molar-refractivity contribution in [1.29, 1.82) is 0 Å². The van der Waals surface area contributed by atoms with Crippen LogP contribution in [0.4, 0.5) is 0 Å². The number of sulfonamides is 1. The first kappa shape index (κ1) is 8.63. The summed E-state index contributed by atoms with van der Waals surface area (Å²) in [6.07, 6.45) is 1.41. The molecule has 0 atom stereocenters. The van der Waals surface area contributed by atoms with E-state index in [2.05, 4.69) is 21.1 Å². The zero-order chi connectivity index (χ0) is 8.32. The number of rotatable bonds is 2. The highest BCUT2D eigenvalue weighted by molar-refractivity contribution is 9.09. The van der Waals surface area contributed by atoms with Gasteiger partial charge in [0.2, 0.25) is 0 Å². The van der Waals surface area contributed by atoms with Crippen molar-refractivity contribution in [3.63, 3.8) is 0 Å². The minimum absolute atomic E-state index is 0.00289. The van der Waals surface area contributed by atoms with Crippen LogP contribution in [0, 0.1) is 0 Å². The molecule has 0 bridgehead atoms. The van der Waals surface area contributed by atoms with E-state index in [-0.39, 0.29) is 5.03 Å². The molecule has 0 amide bonds. The van der Waals surface area contributed by atoms with Gasteiger partial charge >= 0.3 is 0 Å². The van der Waals surface area contributed by atoms with Crippen LogP contribution in [0.3, 0.4) is 0 Å². The second-order valence-electron chi connectivity index (χ2n) is 1.75. The summed E-state index contributed by atoms with van der Waals surface area (Å²) >= 11 is 2.63. The van der Waals surface area contributed by atoms with Crippen LogP contribution in [0.15, 0.2) is 29.4 Å². The summed E-state index contributed by atoms with van der Waals surface area (Å²) < 4.78 is 23.9. The van der Waals surface area contributed by atoms with Crippen molar-refractivity contribution in [3.05, 3.63) is 24.4 Å². The number of hydrogen-bond donors (Lipinski definition) is 1. The molecule has 0 saturated heterocycles. The molecule has 0 unspecified atom stereocenters. The van der Waals surface area contributed by atoms with E-state index in [0.29, 0.717) is 0 Å². The Balaban J connectivity index is 3.14. The van der Waals surface area contributed by atoms with Gasteiger partial charge in [0.25, 0.3) is 10.0 Å². The van der Waals surface area contributed by atoms with Crippen molar-refractivity contribution in [2.24, 2.45) is 0 Å². The summed E-state index contributed by atoms with van der Waals surface area (Å²) in [5.41, 5.74) is 0. The smallest absolute Gasteiger partial charge is 0.243 e. The minimum atomic E-state index is -3.44. The second-order valence-corrected chi connectivity index (χ2v) is 4.30. The summed E-state index contributed by atoms with van der Waals surface area (Å²) in [5.74, 6) is 0. The van der Waals surface area contributed by atoms with Crippen LogP contribution in [0.2, 0.25) is 0 Å². The van der Waals surface area contributed by atoms with Gasteiger partial charge in [-0.25, -0.2) is 13.4 Å². The highest BCUT2D eigenvalue weighted by Gasteiger charge is 2.11. The summed E-state index contributed by atoms with van der Waals surface area (Å²) in [5, 5.41) is -0.00289. The van der Waals surface area contributed by atoms with E-state index >= 15 is 0 Å². The molecule has 6 heteroatoms. The number of hydrogen-bond acceptors (Lipinski definition) is 3. The Morgan fingerprint density at radius 3 is 2.64 bits per heavy atom. The first-order valence-corrected chi connectivity index (χ1v) is 4.98. The van der Waals surface area contributed by atoms with Crippen LogP contribution in [0.1, 0.15) is 0 Å². The maximum atomic E-state index is 11.0. The zero-order valence-electron chi connectivity index (χ0n) is 5.36. The normalized spacial score (nSPS) is 11.4. The average Bonchev–Trinajstić information content (AvgIpc) is 2.06. The molecule has 0 fully saturated rings. The largest absolute Gasteiger partial charge is 0.267 e. The molecule has 1 aromatic rings. The lowest BCUT2D eigenvalue weighted by Gasteiger charge is -1.96. The lowest BCUT2D eigenvalue weighted by atomic mass is 10.5. The Kier molecular flexibility index (Phi) is 2.58. The van der Waals surface area contributed by atoms with Gasteiger partial charge in [-0.05, 0) is 12.1 Å². The number of pyridine rings is 1. The van der Waals surface area contributed by atoms with E-state index in [1.807, 2.05) is 3.75 Å². The molecule has 0 aliphatic heterocycles. The van der Waals surface area contributed by atoms with Crippen LogP contribution in [0.5, 0.6) is 0 Å². The zero-order valence-corrected chi connectivity index (χ0v) is 7.76. The van der Waals surface area contributed by atoms with Crippen molar-refractivity contribution >= 4 is 26.2 Å². The molecule has 1 N–H and O–H groups in total. The first-order chi connectivity index (χ1) is 5.17. The van der Waals surface area contributed by atoms with E-state index < -0.39 is 10.0 Å². The summed E-state index contributed by atoms with van der Waals surface area (Å²) in [6, 6.07) is 4.65. The van der Waals surface area contributed by atoms with Crippen LogP contribution in [-0.4, -0.2) is 13.4 Å². The standard InChI is InChI=1S/C5H5BrN2O2S/c6-8-11(9,10)5-3-1-2-4-7-5/h1-4,8H. The molecule has 60 valence electrons. The number of nitrogens with zero attached hydrogens (tertiary/aromatic N) is 1. The van der Waals surface area contributed by atoms with Gasteiger partial charge in [0, 0.05) is 22.3 Å². The summed E-state index contributed by atoms with van der Waals surface area (Å²) in [7, 11) is -3.44. The van der Waals surface area contributed by atoms with E-state index in [4.69, 9.17) is 0 Å². The van der Waals surface area contributed by atoms with Crippen LogP contribution < -0.4 is 3.75 Å². The lowest BCUT2D eigenvalue weighted by Crippen LogP contribution is -2.14. The van der Waals surface area contributed by atoms with E-state index in [9.17, 15) is 8.42 Å². The van der Waals surface area contributed by atoms with Crippen molar-refractivity contribution in [3.8, 4) is 0 Å². The van der Waals surface area contributed by atoms with Gasteiger partial charge in [-0.15, -0.1) is 3.75 Å². The minimum Gasteiger partial charge on any atom is -0.243 e. The molecule has 1 heterocycles. The van der Waals surface area contributed by atoms with Crippen LogP contribution in [0.25, 0.3) is 0 Å². The Morgan fingerprint density at radius 1 is 1.45 bits per heavy atom. The first-order valence-electron chi connectivity index (χ1n) is 2.70. The Bertz CT molecular complexity index is 324. The molecule has 4 nitrogen and oxygen atoms in total. The van der Waals surface area contributed by atoms with Crippen molar-refractivity contribution < 1.29 is 8.42 Å². The molecular formula is C5H5BrN2O2S. The Hall–Kier alpha value is -0.460. The van der Waals surface area contributed by atoms with E-state index in [1.165, 1.54) is 12.3 Å². The quantitative estimate of drug-likeness (QED) is 0.769. The molecule has 0 aliphatic carbocycles. The van der Waals surface area contributed by atoms with Gasteiger partial charge in [0.1, 0.15) is 0 Å². The molecule has 0 spiro atoms. The third-order valence-corrected chi connectivity index (χ3v) is 3.29. The van der Waals surface area contributed by atoms with Gasteiger partial charge in [0.15, 0.2) is 5.03 Å². The highest BCUT2D eigenvalue weighted by Crippen LogP contribution is 2.03.